The van der Waals surface area contributed by atoms with E-state index in [0.717, 1.165) is 17.7 Å². The molecule has 1 unspecified atom stereocenters. The third kappa shape index (κ3) is 3.96. The lowest BCUT2D eigenvalue weighted by molar-refractivity contribution is -0.119. The second kappa shape index (κ2) is 6.95. The molecular weight excluding hydrogens is 336 g/mol. The van der Waals surface area contributed by atoms with E-state index in [-0.39, 0.29) is 11.8 Å². The molecule has 3 N–H and O–H groups in total. The molecule has 8 heteroatoms. The van der Waals surface area contributed by atoms with Crippen molar-refractivity contribution in [2.24, 2.45) is 0 Å². The van der Waals surface area contributed by atoms with Crippen molar-refractivity contribution in [1.82, 2.24) is 10.9 Å². The van der Waals surface area contributed by atoms with Gasteiger partial charge in [-0.1, -0.05) is 12.1 Å². The van der Waals surface area contributed by atoms with Crippen LogP contribution in [0, 0.1) is 0 Å². The summed E-state index contributed by atoms with van der Waals surface area (Å²) in [6, 6.07) is 4.99. The van der Waals surface area contributed by atoms with Crippen LogP contribution < -0.4 is 21.1 Å². The van der Waals surface area contributed by atoms with Gasteiger partial charge in [0.15, 0.2) is 0 Å². The van der Waals surface area contributed by atoms with Gasteiger partial charge in [-0.15, -0.1) is 0 Å². The molecule has 1 saturated heterocycles. The van der Waals surface area contributed by atoms with Gasteiger partial charge in [0.2, 0.25) is 11.8 Å². The summed E-state index contributed by atoms with van der Waals surface area (Å²) in [5.41, 5.74) is 6.82. The van der Waals surface area contributed by atoms with Crippen LogP contribution in [0.2, 0.25) is 0 Å². The number of para-hydroxylation sites is 1. The highest BCUT2D eigenvalue weighted by molar-refractivity contribution is 6.05. The SMILES string of the molecule is CC(C)(C)OC(=O)NNC1Cc2cccc(N3CCCC3=O)c2NC1=O. The highest BCUT2D eigenvalue weighted by atomic mass is 16.6. The van der Waals surface area contributed by atoms with Crippen molar-refractivity contribution in [3.8, 4) is 0 Å². The number of ether oxygens (including phenoxy) is 1. The predicted molar refractivity (Wildman–Crippen MR) is 96.7 cm³/mol. The Morgan fingerprint density at radius 2 is 2.08 bits per heavy atom. The lowest BCUT2D eigenvalue weighted by Crippen LogP contribution is -2.53. The van der Waals surface area contributed by atoms with Gasteiger partial charge in [-0.25, -0.2) is 10.2 Å². The Morgan fingerprint density at radius 1 is 1.31 bits per heavy atom. The van der Waals surface area contributed by atoms with Crippen molar-refractivity contribution in [2.75, 3.05) is 16.8 Å². The molecule has 2 aliphatic heterocycles. The molecule has 2 aliphatic rings. The fourth-order valence-electron chi connectivity index (χ4n) is 3.12. The van der Waals surface area contributed by atoms with Crippen molar-refractivity contribution >= 4 is 29.3 Å². The van der Waals surface area contributed by atoms with Gasteiger partial charge in [0.1, 0.15) is 11.6 Å². The second-order valence-corrected chi connectivity index (χ2v) is 7.48. The Hall–Kier alpha value is -2.61. The van der Waals surface area contributed by atoms with Crippen LogP contribution in [0.3, 0.4) is 0 Å². The van der Waals surface area contributed by atoms with Gasteiger partial charge in [0.05, 0.1) is 11.4 Å². The number of carbonyl (C=O) groups excluding carboxylic acids is 3. The summed E-state index contributed by atoms with van der Waals surface area (Å²) < 4.78 is 5.14. The minimum atomic E-state index is -0.646. The molecule has 1 aromatic rings. The lowest BCUT2D eigenvalue weighted by Gasteiger charge is -2.29. The molecule has 0 aliphatic carbocycles. The van der Waals surface area contributed by atoms with E-state index < -0.39 is 17.7 Å². The van der Waals surface area contributed by atoms with Crippen LogP contribution in [0.25, 0.3) is 0 Å². The first kappa shape index (κ1) is 18.2. The van der Waals surface area contributed by atoms with Crippen LogP contribution in [0.1, 0.15) is 39.2 Å². The van der Waals surface area contributed by atoms with E-state index in [1.54, 1.807) is 25.7 Å². The average molecular weight is 360 g/mol. The van der Waals surface area contributed by atoms with Crippen LogP contribution in [-0.4, -0.2) is 36.1 Å². The first-order chi connectivity index (χ1) is 12.2. The molecule has 0 spiro atoms. The normalized spacial score (nSPS) is 19.8. The highest BCUT2D eigenvalue weighted by Crippen LogP contribution is 2.35. The molecule has 3 rings (SSSR count). The standard InChI is InChI=1S/C18H24N4O4/c1-18(2,3)26-17(25)21-20-12-10-11-6-4-7-13(15(11)19-16(12)24)22-9-5-8-14(22)23/h4,6-7,12,20H,5,8-10H2,1-3H3,(H,19,24)(H,21,25). The summed E-state index contributed by atoms with van der Waals surface area (Å²) in [4.78, 5) is 37.9. The molecule has 2 heterocycles. The number of hydrogen-bond donors (Lipinski definition) is 3. The maximum absolute atomic E-state index is 12.4. The van der Waals surface area contributed by atoms with Crippen LogP contribution in [-0.2, 0) is 20.7 Å². The Labute approximate surface area is 152 Å². The van der Waals surface area contributed by atoms with Gasteiger partial charge in [-0.3, -0.25) is 15.0 Å². The van der Waals surface area contributed by atoms with E-state index in [1.807, 2.05) is 18.2 Å². The molecule has 0 saturated carbocycles. The van der Waals surface area contributed by atoms with Gasteiger partial charge in [-0.05, 0) is 38.8 Å². The molecule has 0 bridgehead atoms. The third-order valence-electron chi connectivity index (χ3n) is 4.23. The zero-order valence-electron chi connectivity index (χ0n) is 15.2. The number of nitrogens with zero attached hydrogens (tertiary/aromatic N) is 1. The molecule has 3 amide bonds. The van der Waals surface area contributed by atoms with Crippen LogP contribution in [0.5, 0.6) is 0 Å². The molecule has 140 valence electrons. The molecule has 26 heavy (non-hydrogen) atoms. The lowest BCUT2D eigenvalue weighted by atomic mass is 9.98. The largest absolute Gasteiger partial charge is 0.443 e. The molecule has 8 nitrogen and oxygen atoms in total. The fourth-order valence-corrected chi connectivity index (χ4v) is 3.12. The molecule has 1 aromatic carbocycles. The highest BCUT2D eigenvalue weighted by Gasteiger charge is 2.31. The molecule has 0 radical (unpaired) electrons. The second-order valence-electron chi connectivity index (χ2n) is 7.48. The van der Waals surface area contributed by atoms with Gasteiger partial charge in [0, 0.05) is 19.4 Å². The smallest absolute Gasteiger partial charge is 0.422 e. The van der Waals surface area contributed by atoms with Crippen LogP contribution in [0.4, 0.5) is 16.2 Å². The Bertz CT molecular complexity index is 741. The molecule has 0 aromatic heterocycles. The molecule has 1 atom stereocenters. The van der Waals surface area contributed by atoms with E-state index in [1.165, 1.54) is 0 Å². The number of rotatable bonds is 3. The number of carbonyl (C=O) groups is 3. The zero-order valence-corrected chi connectivity index (χ0v) is 15.2. The maximum atomic E-state index is 12.4. The summed E-state index contributed by atoms with van der Waals surface area (Å²) in [7, 11) is 0. The minimum absolute atomic E-state index is 0.0690. The van der Waals surface area contributed by atoms with E-state index in [9.17, 15) is 14.4 Å². The quantitative estimate of drug-likeness (QED) is 0.713. The predicted octanol–water partition coefficient (Wildman–Crippen LogP) is 1.71. The van der Waals surface area contributed by atoms with Crippen molar-refractivity contribution < 1.29 is 19.1 Å². The minimum Gasteiger partial charge on any atom is -0.443 e. The number of anilines is 2. The van der Waals surface area contributed by atoms with E-state index in [4.69, 9.17) is 4.74 Å². The van der Waals surface area contributed by atoms with Gasteiger partial charge >= 0.3 is 6.09 Å². The average Bonchev–Trinajstić information content (AvgIpc) is 2.96. The summed E-state index contributed by atoms with van der Waals surface area (Å²) in [6.07, 6.45) is 1.10. The summed E-state index contributed by atoms with van der Waals surface area (Å²) in [5.74, 6) is -0.202. The number of amides is 3. The monoisotopic (exact) mass is 360 g/mol. The number of fused-ring (bicyclic) bond motifs is 1. The third-order valence-corrected chi connectivity index (χ3v) is 4.23. The van der Waals surface area contributed by atoms with Crippen molar-refractivity contribution in [1.29, 1.82) is 0 Å². The van der Waals surface area contributed by atoms with E-state index in [2.05, 4.69) is 16.2 Å². The number of nitrogens with one attached hydrogen (secondary N) is 3. The topological polar surface area (TPSA) is 99.8 Å². The Balaban J connectivity index is 1.70. The van der Waals surface area contributed by atoms with Gasteiger partial charge < -0.3 is 15.0 Å². The van der Waals surface area contributed by atoms with E-state index in [0.29, 0.717) is 25.1 Å². The zero-order chi connectivity index (χ0) is 18.9. The summed E-state index contributed by atoms with van der Waals surface area (Å²) >= 11 is 0. The number of hydrogen-bond acceptors (Lipinski definition) is 5. The Morgan fingerprint density at radius 3 is 2.73 bits per heavy atom. The molecule has 1 fully saturated rings. The number of hydrazine groups is 1. The van der Waals surface area contributed by atoms with Crippen molar-refractivity contribution in [2.45, 2.75) is 51.7 Å². The van der Waals surface area contributed by atoms with Crippen LogP contribution in [0.15, 0.2) is 18.2 Å². The fraction of sp³-hybridized carbons (Fsp3) is 0.500. The summed E-state index contributed by atoms with van der Waals surface area (Å²) in [5, 5.41) is 2.86. The van der Waals surface area contributed by atoms with Crippen LogP contribution >= 0.6 is 0 Å². The van der Waals surface area contributed by atoms with E-state index >= 15 is 0 Å². The van der Waals surface area contributed by atoms with Crippen molar-refractivity contribution in [3.05, 3.63) is 23.8 Å². The summed E-state index contributed by atoms with van der Waals surface area (Å²) in [6.45, 7) is 5.94. The Kier molecular flexibility index (Phi) is 4.86. The first-order valence-corrected chi connectivity index (χ1v) is 8.72. The maximum Gasteiger partial charge on any atom is 0.422 e. The molecular formula is C18H24N4O4. The van der Waals surface area contributed by atoms with Crippen molar-refractivity contribution in [3.63, 3.8) is 0 Å². The number of benzene rings is 1. The first-order valence-electron chi connectivity index (χ1n) is 8.72. The van der Waals surface area contributed by atoms with Gasteiger partial charge in [0.25, 0.3) is 0 Å². The van der Waals surface area contributed by atoms with Gasteiger partial charge in [-0.2, -0.15) is 0 Å².